The van der Waals surface area contributed by atoms with Crippen LogP contribution in [-0.2, 0) is 4.79 Å². The highest BCUT2D eigenvalue weighted by molar-refractivity contribution is 6.01. The number of carbonyl (C=O) groups excluding carboxylic acids is 1. The van der Waals surface area contributed by atoms with Gasteiger partial charge in [0.2, 0.25) is 0 Å². The van der Waals surface area contributed by atoms with Crippen molar-refractivity contribution in [3.05, 3.63) is 41.6 Å². The lowest BCUT2D eigenvalue weighted by Crippen LogP contribution is -2.49. The van der Waals surface area contributed by atoms with Crippen molar-refractivity contribution in [1.82, 2.24) is 20.5 Å². The summed E-state index contributed by atoms with van der Waals surface area (Å²) < 4.78 is 0. The van der Waals surface area contributed by atoms with Crippen molar-refractivity contribution in [2.75, 3.05) is 20.3 Å². The van der Waals surface area contributed by atoms with Crippen LogP contribution in [-0.4, -0.2) is 46.9 Å². The molecule has 2 aliphatic rings. The average molecular weight is 329 g/mol. The van der Waals surface area contributed by atoms with Crippen molar-refractivity contribution < 1.29 is 9.90 Å². The van der Waals surface area contributed by atoms with Crippen molar-refractivity contribution in [3.63, 3.8) is 0 Å². The minimum atomic E-state index is -0.570. The van der Waals surface area contributed by atoms with Gasteiger partial charge >= 0.3 is 0 Å². The molecule has 0 saturated carbocycles. The number of pyridine rings is 1. The number of hydrogen-bond acceptors (Lipinski definition) is 6. The lowest BCUT2D eigenvalue weighted by atomic mass is 9.90. The highest BCUT2D eigenvalue weighted by atomic mass is 16.3. The largest absolute Gasteiger partial charge is 0.388 e. The normalized spacial score (nSPS) is 19.9. The van der Waals surface area contributed by atoms with E-state index in [9.17, 15) is 9.90 Å². The molecule has 2 aliphatic heterocycles. The van der Waals surface area contributed by atoms with Crippen molar-refractivity contribution in [2.24, 2.45) is 10.9 Å². The summed E-state index contributed by atoms with van der Waals surface area (Å²) in [6.45, 7) is 3.14. The van der Waals surface area contributed by atoms with Crippen LogP contribution in [0.1, 0.15) is 31.4 Å². The van der Waals surface area contributed by atoms with Crippen molar-refractivity contribution in [1.29, 1.82) is 0 Å². The number of carbonyl (C=O) groups is 1. The Bertz CT molecular complexity index is 671. The SMILES string of the molecule is CC[C@@H](C[C@@H](O)c1ccncc1)C1=NC2=C(NC1)NCN(C)C2=O. The molecule has 2 atom stereocenters. The van der Waals surface area contributed by atoms with E-state index in [0.717, 1.165) is 17.7 Å². The van der Waals surface area contributed by atoms with Crippen LogP contribution in [0.3, 0.4) is 0 Å². The van der Waals surface area contributed by atoms with E-state index < -0.39 is 6.10 Å². The maximum atomic E-state index is 12.3. The van der Waals surface area contributed by atoms with Gasteiger partial charge in [0.05, 0.1) is 19.3 Å². The first-order chi connectivity index (χ1) is 11.6. The van der Waals surface area contributed by atoms with E-state index in [2.05, 4.69) is 27.5 Å². The van der Waals surface area contributed by atoms with Crippen molar-refractivity contribution >= 4 is 11.6 Å². The number of rotatable bonds is 5. The number of aliphatic hydroxyl groups is 1. The Morgan fingerprint density at radius 2 is 2.08 bits per heavy atom. The highest BCUT2D eigenvalue weighted by Crippen LogP contribution is 2.26. The molecule has 0 unspecified atom stereocenters. The van der Waals surface area contributed by atoms with E-state index >= 15 is 0 Å². The topological polar surface area (TPSA) is 89.8 Å². The van der Waals surface area contributed by atoms with Gasteiger partial charge in [-0.05, 0) is 30.5 Å². The maximum absolute atomic E-state index is 12.3. The summed E-state index contributed by atoms with van der Waals surface area (Å²) in [7, 11) is 1.74. The Hall–Kier alpha value is -2.41. The number of nitrogens with zero attached hydrogens (tertiary/aromatic N) is 3. The van der Waals surface area contributed by atoms with Gasteiger partial charge in [-0.1, -0.05) is 6.92 Å². The second kappa shape index (κ2) is 7.00. The van der Waals surface area contributed by atoms with Gasteiger partial charge in [-0.15, -0.1) is 0 Å². The molecule has 128 valence electrons. The van der Waals surface area contributed by atoms with Crippen LogP contribution < -0.4 is 10.6 Å². The smallest absolute Gasteiger partial charge is 0.277 e. The average Bonchev–Trinajstić information content (AvgIpc) is 2.63. The fraction of sp³-hybridized carbons (Fsp3) is 0.471. The summed E-state index contributed by atoms with van der Waals surface area (Å²) >= 11 is 0. The molecule has 1 amide bonds. The molecule has 0 saturated heterocycles. The molecule has 0 fully saturated rings. The van der Waals surface area contributed by atoms with Crippen LogP contribution >= 0.6 is 0 Å². The molecule has 0 bridgehead atoms. The van der Waals surface area contributed by atoms with Crippen LogP contribution in [0.5, 0.6) is 0 Å². The molecule has 3 heterocycles. The molecular weight excluding hydrogens is 306 g/mol. The van der Waals surface area contributed by atoms with E-state index in [4.69, 9.17) is 0 Å². The number of amides is 1. The van der Waals surface area contributed by atoms with E-state index in [0.29, 0.717) is 31.2 Å². The van der Waals surface area contributed by atoms with Gasteiger partial charge in [-0.25, -0.2) is 4.99 Å². The monoisotopic (exact) mass is 329 g/mol. The number of aromatic nitrogens is 1. The molecule has 3 N–H and O–H groups in total. The Labute approximate surface area is 141 Å². The van der Waals surface area contributed by atoms with Gasteiger partial charge in [0.1, 0.15) is 5.82 Å². The van der Waals surface area contributed by atoms with E-state index in [1.54, 1.807) is 24.3 Å². The molecule has 1 aromatic heterocycles. The first-order valence-electron chi connectivity index (χ1n) is 8.23. The number of aliphatic imine (C=N–C) groups is 1. The van der Waals surface area contributed by atoms with Gasteiger partial charge in [0, 0.05) is 31.1 Å². The van der Waals surface area contributed by atoms with Crippen LogP contribution in [0.25, 0.3) is 0 Å². The summed E-state index contributed by atoms with van der Waals surface area (Å²) in [6, 6.07) is 3.64. The predicted octanol–water partition coefficient (Wildman–Crippen LogP) is 0.764. The number of hydrogen-bond donors (Lipinski definition) is 3. The van der Waals surface area contributed by atoms with Crippen LogP contribution in [0.4, 0.5) is 0 Å². The molecule has 0 aliphatic carbocycles. The standard InChI is InChI=1S/C17H23N5O2/c1-3-11(8-14(23)12-4-6-18-7-5-12)13-9-19-16-15(21-13)17(24)22(2)10-20-16/h4-7,11,14,19-20,23H,3,8-10H2,1-2H3/t11-,14+/m0/s1. The molecular formula is C17H23N5O2. The maximum Gasteiger partial charge on any atom is 0.277 e. The summed E-state index contributed by atoms with van der Waals surface area (Å²) in [6.07, 6.45) is 4.21. The number of nitrogens with one attached hydrogen (secondary N) is 2. The molecule has 7 heteroatoms. The predicted molar refractivity (Wildman–Crippen MR) is 90.8 cm³/mol. The van der Waals surface area contributed by atoms with Gasteiger partial charge in [0.25, 0.3) is 5.91 Å². The van der Waals surface area contributed by atoms with E-state index in [-0.39, 0.29) is 11.8 Å². The number of aliphatic hydroxyl groups excluding tert-OH is 1. The molecule has 0 spiro atoms. The molecule has 0 radical (unpaired) electrons. The fourth-order valence-electron chi connectivity index (χ4n) is 3.02. The second-order valence-electron chi connectivity index (χ2n) is 6.16. The Morgan fingerprint density at radius 3 is 2.79 bits per heavy atom. The minimum absolute atomic E-state index is 0.0852. The Kier molecular flexibility index (Phi) is 4.80. The van der Waals surface area contributed by atoms with Crippen molar-refractivity contribution in [2.45, 2.75) is 25.9 Å². The van der Waals surface area contributed by atoms with Crippen LogP contribution in [0.2, 0.25) is 0 Å². The zero-order valence-corrected chi connectivity index (χ0v) is 14.0. The van der Waals surface area contributed by atoms with Gasteiger partial charge < -0.3 is 20.6 Å². The minimum Gasteiger partial charge on any atom is -0.388 e. The summed E-state index contributed by atoms with van der Waals surface area (Å²) in [5.74, 6) is 0.721. The summed E-state index contributed by atoms with van der Waals surface area (Å²) in [5, 5.41) is 16.9. The fourth-order valence-corrected chi connectivity index (χ4v) is 3.02. The van der Waals surface area contributed by atoms with Crippen LogP contribution in [0, 0.1) is 5.92 Å². The first-order valence-corrected chi connectivity index (χ1v) is 8.23. The second-order valence-corrected chi connectivity index (χ2v) is 6.16. The van der Waals surface area contributed by atoms with Gasteiger partial charge in [-0.2, -0.15) is 0 Å². The Morgan fingerprint density at radius 1 is 1.33 bits per heavy atom. The van der Waals surface area contributed by atoms with Gasteiger partial charge in [0.15, 0.2) is 5.70 Å². The molecule has 24 heavy (non-hydrogen) atoms. The third-order valence-electron chi connectivity index (χ3n) is 4.54. The van der Waals surface area contributed by atoms with E-state index in [1.165, 1.54) is 0 Å². The van der Waals surface area contributed by atoms with E-state index in [1.807, 2.05) is 12.1 Å². The lowest BCUT2D eigenvalue weighted by Gasteiger charge is -2.32. The lowest BCUT2D eigenvalue weighted by molar-refractivity contribution is -0.127. The van der Waals surface area contributed by atoms with Crippen molar-refractivity contribution in [3.8, 4) is 0 Å². The van der Waals surface area contributed by atoms with Crippen LogP contribution in [0.15, 0.2) is 41.0 Å². The zero-order valence-electron chi connectivity index (χ0n) is 14.0. The first kappa shape index (κ1) is 16.4. The summed E-state index contributed by atoms with van der Waals surface area (Å²) in [5.41, 5.74) is 2.19. The highest BCUT2D eigenvalue weighted by Gasteiger charge is 2.30. The summed E-state index contributed by atoms with van der Waals surface area (Å²) in [4.78, 5) is 22.5. The van der Waals surface area contributed by atoms with Gasteiger partial charge in [-0.3, -0.25) is 9.78 Å². The number of likely N-dealkylation sites (N-methyl/N-ethyl adjacent to an activating group) is 1. The molecule has 7 nitrogen and oxygen atoms in total. The Balaban J connectivity index is 1.78. The third-order valence-corrected chi connectivity index (χ3v) is 4.54. The molecule has 3 rings (SSSR count). The molecule has 0 aromatic carbocycles. The quantitative estimate of drug-likeness (QED) is 0.742. The molecule has 1 aromatic rings. The zero-order chi connectivity index (χ0) is 17.1. The third kappa shape index (κ3) is 3.26.